The van der Waals surface area contributed by atoms with Gasteiger partial charge in [-0.05, 0) is 40.3 Å². The van der Waals surface area contributed by atoms with Crippen LogP contribution in [0.1, 0.15) is 27.7 Å². The minimum Gasteiger partial charge on any atom is -0.375 e. The molecule has 1 saturated heterocycles. The van der Waals surface area contributed by atoms with E-state index in [0.29, 0.717) is 0 Å². The van der Waals surface area contributed by atoms with Crippen LogP contribution in [-0.2, 0) is 4.74 Å². The molecule has 0 aliphatic carbocycles. The van der Waals surface area contributed by atoms with E-state index in [9.17, 15) is 0 Å². The smallest absolute Gasteiger partial charge is 0.0600 e. The first-order valence-electron chi connectivity index (χ1n) is 6.45. The quantitative estimate of drug-likeness (QED) is 0.688. The first-order valence-corrected chi connectivity index (χ1v) is 6.45. The number of ether oxygens (including phenoxy) is 1. The summed E-state index contributed by atoms with van der Waals surface area (Å²) in [6.45, 7) is 15.4. The maximum Gasteiger partial charge on any atom is 0.0600 e. The first kappa shape index (κ1) is 13.9. The summed E-state index contributed by atoms with van der Waals surface area (Å²) >= 11 is 0. The van der Waals surface area contributed by atoms with Crippen LogP contribution in [0.5, 0.6) is 0 Å². The lowest BCUT2D eigenvalue weighted by molar-refractivity contribution is -0.0152. The highest BCUT2D eigenvalue weighted by molar-refractivity contribution is 4.80. The largest absolute Gasteiger partial charge is 0.375 e. The van der Waals surface area contributed by atoms with Gasteiger partial charge in [-0.1, -0.05) is 6.92 Å². The SMILES string of the molecule is CCN1CC(CN(C)CCOC(C)(C)C)C1. The summed E-state index contributed by atoms with van der Waals surface area (Å²) in [5.74, 6) is 0.875. The zero-order chi connectivity index (χ0) is 12.2. The van der Waals surface area contributed by atoms with Gasteiger partial charge in [0.2, 0.25) is 0 Å². The van der Waals surface area contributed by atoms with Gasteiger partial charge < -0.3 is 14.5 Å². The lowest BCUT2D eigenvalue weighted by Crippen LogP contribution is -2.50. The molecule has 0 spiro atoms. The summed E-state index contributed by atoms with van der Waals surface area (Å²) in [6, 6.07) is 0. The van der Waals surface area contributed by atoms with Crippen molar-refractivity contribution in [2.24, 2.45) is 5.92 Å². The van der Waals surface area contributed by atoms with Gasteiger partial charge in [-0.2, -0.15) is 0 Å². The fraction of sp³-hybridized carbons (Fsp3) is 1.00. The van der Waals surface area contributed by atoms with Crippen LogP contribution in [0.25, 0.3) is 0 Å². The molecule has 96 valence electrons. The molecule has 1 fully saturated rings. The van der Waals surface area contributed by atoms with Gasteiger partial charge in [0.15, 0.2) is 0 Å². The zero-order valence-corrected chi connectivity index (χ0v) is 11.6. The minimum atomic E-state index is -0.00365. The predicted octanol–water partition coefficient (Wildman–Crippen LogP) is 1.68. The Balaban J connectivity index is 2.02. The molecule has 1 aliphatic heterocycles. The molecule has 3 heteroatoms. The van der Waals surface area contributed by atoms with E-state index in [4.69, 9.17) is 4.74 Å². The molecule has 0 bridgehead atoms. The maximum atomic E-state index is 5.72. The summed E-state index contributed by atoms with van der Waals surface area (Å²) in [5, 5.41) is 0. The van der Waals surface area contributed by atoms with Crippen molar-refractivity contribution in [3.05, 3.63) is 0 Å². The van der Waals surface area contributed by atoms with Gasteiger partial charge in [-0.15, -0.1) is 0 Å². The van der Waals surface area contributed by atoms with Crippen LogP contribution in [0, 0.1) is 5.92 Å². The molecule has 3 nitrogen and oxygen atoms in total. The first-order chi connectivity index (χ1) is 7.40. The third-order valence-corrected chi connectivity index (χ3v) is 3.06. The molecule has 0 saturated carbocycles. The van der Waals surface area contributed by atoms with Crippen molar-refractivity contribution in [2.45, 2.75) is 33.3 Å². The Morgan fingerprint density at radius 1 is 1.31 bits per heavy atom. The topological polar surface area (TPSA) is 15.7 Å². The van der Waals surface area contributed by atoms with Gasteiger partial charge in [0.25, 0.3) is 0 Å². The molecule has 1 aliphatic rings. The van der Waals surface area contributed by atoms with E-state index in [1.54, 1.807) is 0 Å². The number of hydrogen-bond donors (Lipinski definition) is 0. The van der Waals surface area contributed by atoms with Gasteiger partial charge in [0, 0.05) is 26.2 Å². The summed E-state index contributed by atoms with van der Waals surface area (Å²) in [6.07, 6.45) is 0. The average Bonchev–Trinajstić information content (AvgIpc) is 2.08. The van der Waals surface area contributed by atoms with Crippen LogP contribution in [0.3, 0.4) is 0 Å². The second kappa shape index (κ2) is 5.99. The molecule has 0 atom stereocenters. The van der Waals surface area contributed by atoms with E-state index in [1.807, 2.05) is 0 Å². The lowest BCUT2D eigenvalue weighted by atomic mass is 10.00. The van der Waals surface area contributed by atoms with Crippen LogP contribution in [-0.4, -0.2) is 61.8 Å². The second-order valence-electron chi connectivity index (χ2n) is 5.94. The molecular weight excluding hydrogens is 200 g/mol. The number of nitrogens with zero attached hydrogens (tertiary/aromatic N) is 2. The van der Waals surface area contributed by atoms with Crippen molar-refractivity contribution < 1.29 is 4.74 Å². The number of hydrogen-bond acceptors (Lipinski definition) is 3. The van der Waals surface area contributed by atoms with Gasteiger partial charge in [-0.25, -0.2) is 0 Å². The van der Waals surface area contributed by atoms with Crippen molar-refractivity contribution in [3.8, 4) is 0 Å². The van der Waals surface area contributed by atoms with Crippen LogP contribution >= 0.6 is 0 Å². The molecule has 0 radical (unpaired) electrons. The standard InChI is InChI=1S/C13H28N2O/c1-6-15-10-12(11-15)9-14(5)7-8-16-13(2,3)4/h12H,6-11H2,1-5H3. The molecular formula is C13H28N2O. The molecule has 0 amide bonds. The lowest BCUT2D eigenvalue weighted by Gasteiger charge is -2.40. The summed E-state index contributed by atoms with van der Waals surface area (Å²) < 4.78 is 5.72. The van der Waals surface area contributed by atoms with Crippen molar-refractivity contribution in [1.82, 2.24) is 9.80 Å². The predicted molar refractivity (Wildman–Crippen MR) is 68.8 cm³/mol. The number of rotatable bonds is 6. The molecule has 0 aromatic heterocycles. The normalized spacial score (nSPS) is 19.1. The Labute approximate surface area is 101 Å². The van der Waals surface area contributed by atoms with Crippen molar-refractivity contribution in [3.63, 3.8) is 0 Å². The van der Waals surface area contributed by atoms with Gasteiger partial charge in [0.05, 0.1) is 12.2 Å². The van der Waals surface area contributed by atoms with E-state index in [0.717, 1.165) is 19.1 Å². The number of likely N-dealkylation sites (N-methyl/N-ethyl adjacent to an activating group) is 1. The third kappa shape index (κ3) is 5.28. The molecule has 0 N–H and O–H groups in total. The van der Waals surface area contributed by atoms with Crippen molar-refractivity contribution >= 4 is 0 Å². The second-order valence-corrected chi connectivity index (χ2v) is 5.94. The highest BCUT2D eigenvalue weighted by atomic mass is 16.5. The number of likely N-dealkylation sites (tertiary alicyclic amines) is 1. The van der Waals surface area contributed by atoms with Crippen LogP contribution in [0.15, 0.2) is 0 Å². The Morgan fingerprint density at radius 3 is 2.44 bits per heavy atom. The van der Waals surface area contributed by atoms with E-state index < -0.39 is 0 Å². The fourth-order valence-corrected chi connectivity index (χ4v) is 2.09. The molecule has 0 aromatic rings. The van der Waals surface area contributed by atoms with Gasteiger partial charge in [-0.3, -0.25) is 0 Å². The molecule has 1 rings (SSSR count). The Hall–Kier alpha value is -0.120. The van der Waals surface area contributed by atoms with Gasteiger partial charge in [0.1, 0.15) is 0 Å². The highest BCUT2D eigenvalue weighted by Gasteiger charge is 2.25. The summed E-state index contributed by atoms with van der Waals surface area (Å²) in [5.41, 5.74) is -0.00365. The average molecular weight is 228 g/mol. The summed E-state index contributed by atoms with van der Waals surface area (Å²) in [7, 11) is 2.20. The maximum absolute atomic E-state index is 5.72. The Bertz CT molecular complexity index is 195. The van der Waals surface area contributed by atoms with Crippen LogP contribution < -0.4 is 0 Å². The molecule has 16 heavy (non-hydrogen) atoms. The monoisotopic (exact) mass is 228 g/mol. The van der Waals surface area contributed by atoms with Gasteiger partial charge >= 0.3 is 0 Å². The summed E-state index contributed by atoms with van der Waals surface area (Å²) in [4.78, 5) is 4.88. The zero-order valence-electron chi connectivity index (χ0n) is 11.6. The third-order valence-electron chi connectivity index (χ3n) is 3.06. The van der Waals surface area contributed by atoms with E-state index in [-0.39, 0.29) is 5.60 Å². The highest BCUT2D eigenvalue weighted by Crippen LogP contribution is 2.15. The molecule has 0 unspecified atom stereocenters. The molecule has 0 aromatic carbocycles. The van der Waals surface area contributed by atoms with Crippen molar-refractivity contribution in [1.29, 1.82) is 0 Å². The van der Waals surface area contributed by atoms with E-state index in [2.05, 4.69) is 44.5 Å². The van der Waals surface area contributed by atoms with Crippen molar-refractivity contribution in [2.75, 3.05) is 46.4 Å². The fourth-order valence-electron chi connectivity index (χ4n) is 2.09. The molecule has 1 heterocycles. The van der Waals surface area contributed by atoms with Crippen LogP contribution in [0.4, 0.5) is 0 Å². The van der Waals surface area contributed by atoms with E-state index >= 15 is 0 Å². The minimum absolute atomic E-state index is 0.00365. The Kier molecular flexibility index (Phi) is 5.22. The Morgan fingerprint density at radius 2 is 1.94 bits per heavy atom. The van der Waals surface area contributed by atoms with Crippen LogP contribution in [0.2, 0.25) is 0 Å². The van der Waals surface area contributed by atoms with E-state index in [1.165, 1.54) is 26.2 Å².